The summed E-state index contributed by atoms with van der Waals surface area (Å²) in [7, 11) is 0. The van der Waals surface area contributed by atoms with Gasteiger partial charge in [-0.25, -0.2) is 4.98 Å². The summed E-state index contributed by atoms with van der Waals surface area (Å²) in [5.74, 6) is 1.38. The van der Waals surface area contributed by atoms with Gasteiger partial charge in [-0.05, 0) is 43.0 Å². The first kappa shape index (κ1) is 24.3. The zero-order valence-corrected chi connectivity index (χ0v) is 21.9. The van der Waals surface area contributed by atoms with Crippen molar-refractivity contribution in [2.75, 3.05) is 23.4 Å². The number of hydrogen-bond acceptors (Lipinski definition) is 9. The largest absolute Gasteiger partial charge is 0.494 e. The molecule has 0 saturated heterocycles. The minimum absolute atomic E-state index is 0.0488. The number of amides is 1. The Hall–Kier alpha value is -3.35. The minimum atomic E-state index is -0.254. The van der Waals surface area contributed by atoms with Gasteiger partial charge in [-0.15, -0.1) is 10.2 Å². The highest BCUT2D eigenvalue weighted by molar-refractivity contribution is 8.01. The van der Waals surface area contributed by atoms with E-state index >= 15 is 0 Å². The molecule has 0 saturated carbocycles. The highest BCUT2D eigenvalue weighted by Gasteiger charge is 2.19. The standard InChI is InChI=1S/C24H22N6O3S3/c1-3-33-15-11-9-14(10-12-15)30-21(32)20-19(16-7-5-6-8-17(16)25-20)27-23(30)35-13-18(31)26-22-28-29-24(36-22)34-4-2/h5-12,25H,3-4,13H2,1-2H3,(H,26,28,31). The van der Waals surface area contributed by atoms with Crippen molar-refractivity contribution < 1.29 is 9.53 Å². The highest BCUT2D eigenvalue weighted by Crippen LogP contribution is 2.28. The van der Waals surface area contributed by atoms with Crippen LogP contribution in [-0.4, -0.2) is 48.8 Å². The van der Waals surface area contributed by atoms with Crippen LogP contribution in [-0.2, 0) is 4.79 Å². The molecule has 0 aliphatic carbocycles. The van der Waals surface area contributed by atoms with Gasteiger partial charge < -0.3 is 9.72 Å². The molecule has 2 N–H and O–H groups in total. The number of carbonyl (C=O) groups excluding carboxylic acids is 1. The van der Waals surface area contributed by atoms with Gasteiger partial charge in [0.05, 0.1) is 18.0 Å². The Labute approximate surface area is 218 Å². The third-order valence-corrected chi connectivity index (χ3v) is 7.95. The molecule has 0 spiro atoms. The van der Waals surface area contributed by atoms with Gasteiger partial charge in [0, 0.05) is 10.9 Å². The maximum Gasteiger partial charge on any atom is 0.283 e. The Morgan fingerprint density at radius 2 is 1.92 bits per heavy atom. The summed E-state index contributed by atoms with van der Waals surface area (Å²) in [5.41, 5.74) is 2.20. The van der Waals surface area contributed by atoms with E-state index in [1.807, 2.05) is 50.2 Å². The molecular weight excluding hydrogens is 517 g/mol. The van der Waals surface area contributed by atoms with E-state index < -0.39 is 0 Å². The summed E-state index contributed by atoms with van der Waals surface area (Å²) in [6.45, 7) is 4.49. The van der Waals surface area contributed by atoms with E-state index in [1.165, 1.54) is 27.7 Å². The molecule has 184 valence electrons. The number of nitrogens with one attached hydrogen (secondary N) is 2. The number of thioether (sulfide) groups is 2. The first-order valence-corrected chi connectivity index (χ1v) is 14.0. The second-order valence-corrected chi connectivity index (χ2v) is 10.9. The molecule has 5 aromatic rings. The van der Waals surface area contributed by atoms with Crippen LogP contribution in [0.25, 0.3) is 27.6 Å². The first-order chi connectivity index (χ1) is 17.6. The van der Waals surface area contributed by atoms with Gasteiger partial charge >= 0.3 is 0 Å². The normalized spacial score (nSPS) is 11.3. The van der Waals surface area contributed by atoms with Gasteiger partial charge in [0.25, 0.3) is 5.56 Å². The fourth-order valence-electron chi connectivity index (χ4n) is 3.65. The van der Waals surface area contributed by atoms with E-state index in [-0.39, 0.29) is 17.2 Å². The van der Waals surface area contributed by atoms with Crippen molar-refractivity contribution in [2.45, 2.75) is 23.3 Å². The molecule has 0 aliphatic heterocycles. The van der Waals surface area contributed by atoms with E-state index in [1.54, 1.807) is 23.9 Å². The fraction of sp³-hybridized carbons (Fsp3) is 0.208. The van der Waals surface area contributed by atoms with Crippen LogP contribution < -0.4 is 15.6 Å². The molecule has 0 aliphatic rings. The predicted octanol–water partition coefficient (Wildman–Crippen LogP) is 4.96. The van der Waals surface area contributed by atoms with Crippen molar-refractivity contribution in [1.29, 1.82) is 0 Å². The van der Waals surface area contributed by atoms with E-state index in [0.29, 0.717) is 39.4 Å². The van der Waals surface area contributed by atoms with Crippen LogP contribution in [0, 0.1) is 0 Å². The molecule has 0 atom stereocenters. The molecular formula is C24H22N6O3S3. The maximum atomic E-state index is 13.7. The third-order valence-electron chi connectivity index (χ3n) is 5.15. The Morgan fingerprint density at radius 1 is 1.11 bits per heavy atom. The van der Waals surface area contributed by atoms with Gasteiger partial charge in [-0.2, -0.15) is 0 Å². The van der Waals surface area contributed by atoms with Crippen molar-refractivity contribution >= 4 is 67.8 Å². The lowest BCUT2D eigenvalue weighted by atomic mass is 10.2. The molecule has 9 nitrogen and oxygen atoms in total. The number of carbonyl (C=O) groups is 1. The minimum Gasteiger partial charge on any atom is -0.494 e. The lowest BCUT2D eigenvalue weighted by molar-refractivity contribution is -0.113. The summed E-state index contributed by atoms with van der Waals surface area (Å²) >= 11 is 4.09. The monoisotopic (exact) mass is 538 g/mol. The molecule has 3 heterocycles. The summed E-state index contributed by atoms with van der Waals surface area (Å²) in [5, 5.41) is 12.6. The highest BCUT2D eigenvalue weighted by atomic mass is 32.2. The third kappa shape index (κ3) is 4.97. The Balaban J connectivity index is 1.50. The maximum absolute atomic E-state index is 13.7. The van der Waals surface area contributed by atoms with E-state index in [2.05, 4.69) is 20.5 Å². The molecule has 5 rings (SSSR count). The number of ether oxygens (including phenoxy) is 1. The van der Waals surface area contributed by atoms with Gasteiger partial charge in [0.15, 0.2) is 9.50 Å². The molecule has 2 aromatic carbocycles. The SMILES string of the molecule is CCOc1ccc(-n2c(SCC(=O)Nc3nnc(SCC)s3)nc3c([nH]c4ccccc43)c2=O)cc1. The van der Waals surface area contributed by atoms with E-state index in [0.717, 1.165) is 21.0 Å². The number of fused-ring (bicyclic) bond motifs is 3. The van der Waals surface area contributed by atoms with Crippen molar-refractivity contribution in [1.82, 2.24) is 24.7 Å². The molecule has 0 bridgehead atoms. The second kappa shape index (κ2) is 10.7. The van der Waals surface area contributed by atoms with Crippen LogP contribution in [0.15, 0.2) is 62.8 Å². The number of rotatable bonds is 9. The number of aromatic amines is 1. The molecule has 0 unspecified atom stereocenters. The first-order valence-electron chi connectivity index (χ1n) is 11.2. The molecule has 36 heavy (non-hydrogen) atoms. The quantitative estimate of drug-likeness (QED) is 0.154. The fourth-order valence-corrected chi connectivity index (χ4v) is 6.12. The van der Waals surface area contributed by atoms with Crippen molar-refractivity contribution in [3.63, 3.8) is 0 Å². The van der Waals surface area contributed by atoms with Gasteiger partial charge in [0.2, 0.25) is 11.0 Å². The lowest BCUT2D eigenvalue weighted by Crippen LogP contribution is -2.23. The Morgan fingerprint density at radius 3 is 2.69 bits per heavy atom. The average molecular weight is 539 g/mol. The molecule has 0 radical (unpaired) electrons. The van der Waals surface area contributed by atoms with Crippen LogP contribution >= 0.6 is 34.9 Å². The summed E-state index contributed by atoms with van der Waals surface area (Å²) in [6, 6.07) is 14.9. The van der Waals surface area contributed by atoms with Crippen molar-refractivity contribution in [3.05, 3.63) is 58.9 Å². The van der Waals surface area contributed by atoms with Gasteiger partial charge in [-0.3, -0.25) is 19.5 Å². The summed E-state index contributed by atoms with van der Waals surface area (Å²) in [4.78, 5) is 34.4. The summed E-state index contributed by atoms with van der Waals surface area (Å²) < 4.78 is 7.86. The molecule has 12 heteroatoms. The predicted molar refractivity (Wildman–Crippen MR) is 146 cm³/mol. The lowest BCUT2D eigenvalue weighted by Gasteiger charge is -2.13. The number of para-hydroxylation sites is 1. The zero-order chi connectivity index (χ0) is 25.1. The Bertz CT molecular complexity index is 1590. The second-order valence-electron chi connectivity index (χ2n) is 7.50. The van der Waals surface area contributed by atoms with Gasteiger partial charge in [-0.1, -0.05) is 60.0 Å². The number of anilines is 1. The molecule has 0 fully saturated rings. The van der Waals surface area contributed by atoms with Crippen LogP contribution in [0.4, 0.5) is 5.13 Å². The van der Waals surface area contributed by atoms with E-state index in [4.69, 9.17) is 9.72 Å². The van der Waals surface area contributed by atoms with Crippen molar-refractivity contribution in [2.24, 2.45) is 0 Å². The van der Waals surface area contributed by atoms with E-state index in [9.17, 15) is 9.59 Å². The van der Waals surface area contributed by atoms with Crippen LogP contribution in [0.5, 0.6) is 5.75 Å². The molecule has 3 aromatic heterocycles. The molecule has 1 amide bonds. The van der Waals surface area contributed by atoms with Gasteiger partial charge in [0.1, 0.15) is 16.8 Å². The number of nitrogens with zero attached hydrogens (tertiary/aromatic N) is 4. The smallest absolute Gasteiger partial charge is 0.283 e. The van der Waals surface area contributed by atoms with Crippen LogP contribution in [0.3, 0.4) is 0 Å². The number of H-pyrrole nitrogens is 1. The number of hydrogen-bond donors (Lipinski definition) is 2. The van der Waals surface area contributed by atoms with Crippen LogP contribution in [0.1, 0.15) is 13.8 Å². The Kier molecular flexibility index (Phi) is 7.25. The number of benzene rings is 2. The van der Waals surface area contributed by atoms with Crippen molar-refractivity contribution in [3.8, 4) is 11.4 Å². The topological polar surface area (TPSA) is 115 Å². The zero-order valence-electron chi connectivity index (χ0n) is 19.5. The average Bonchev–Trinajstić information content (AvgIpc) is 3.48. The van der Waals surface area contributed by atoms with Crippen LogP contribution in [0.2, 0.25) is 0 Å². The summed E-state index contributed by atoms with van der Waals surface area (Å²) in [6.07, 6.45) is 0. The number of aromatic nitrogens is 5.